The van der Waals surface area contributed by atoms with E-state index in [4.69, 9.17) is 0 Å². The summed E-state index contributed by atoms with van der Waals surface area (Å²) in [7, 11) is 0. The topological polar surface area (TPSA) is 58.2 Å². The van der Waals surface area contributed by atoms with Crippen LogP contribution in [0.15, 0.2) is 48.5 Å². The van der Waals surface area contributed by atoms with Crippen LogP contribution >= 0.6 is 0 Å². The van der Waals surface area contributed by atoms with E-state index in [9.17, 15) is 14.0 Å². The zero-order chi connectivity index (χ0) is 17.4. The van der Waals surface area contributed by atoms with E-state index in [2.05, 4.69) is 17.6 Å². The Bertz CT molecular complexity index is 699. The first-order valence-electron chi connectivity index (χ1n) is 8.05. The predicted molar refractivity (Wildman–Crippen MR) is 92.7 cm³/mol. The number of halogens is 1. The van der Waals surface area contributed by atoms with Crippen molar-refractivity contribution in [1.82, 2.24) is 5.32 Å². The second-order valence-electron chi connectivity index (χ2n) is 5.50. The highest BCUT2D eigenvalue weighted by Gasteiger charge is 2.09. The van der Waals surface area contributed by atoms with Crippen LogP contribution in [0.5, 0.6) is 0 Å². The third-order valence-electron chi connectivity index (χ3n) is 3.56. The molecule has 0 spiro atoms. The number of rotatable bonds is 7. The highest BCUT2D eigenvalue weighted by molar-refractivity contribution is 6.05. The van der Waals surface area contributed by atoms with Crippen molar-refractivity contribution >= 4 is 17.5 Å². The van der Waals surface area contributed by atoms with Crippen LogP contribution in [0.3, 0.4) is 0 Å². The van der Waals surface area contributed by atoms with E-state index in [-0.39, 0.29) is 11.8 Å². The van der Waals surface area contributed by atoms with Gasteiger partial charge in [-0.05, 0) is 48.9 Å². The maximum Gasteiger partial charge on any atom is 0.255 e. The lowest BCUT2D eigenvalue weighted by atomic mass is 10.1. The van der Waals surface area contributed by atoms with Crippen LogP contribution in [0.4, 0.5) is 10.1 Å². The Morgan fingerprint density at radius 1 is 0.958 bits per heavy atom. The van der Waals surface area contributed by atoms with E-state index in [0.29, 0.717) is 23.4 Å². The smallest absolute Gasteiger partial charge is 0.255 e. The van der Waals surface area contributed by atoms with Crippen LogP contribution in [0.1, 0.15) is 46.9 Å². The molecule has 0 aromatic heterocycles. The largest absolute Gasteiger partial charge is 0.352 e. The lowest BCUT2D eigenvalue weighted by Gasteiger charge is -2.07. The summed E-state index contributed by atoms with van der Waals surface area (Å²) in [6.07, 6.45) is 3.14. The Morgan fingerprint density at radius 2 is 1.62 bits per heavy atom. The fourth-order valence-electron chi connectivity index (χ4n) is 2.22. The van der Waals surface area contributed by atoms with Gasteiger partial charge in [-0.25, -0.2) is 4.39 Å². The SMILES string of the molecule is CCCCCNC(=O)c1ccc(C(=O)Nc2cccc(F)c2)cc1. The Hall–Kier alpha value is -2.69. The third kappa shape index (κ3) is 5.19. The molecule has 2 aromatic rings. The molecule has 0 fully saturated rings. The second kappa shape index (κ2) is 8.82. The predicted octanol–water partition coefficient (Wildman–Crippen LogP) is 4.00. The monoisotopic (exact) mass is 328 g/mol. The summed E-state index contributed by atoms with van der Waals surface area (Å²) in [5, 5.41) is 5.46. The molecule has 2 N–H and O–H groups in total. The summed E-state index contributed by atoms with van der Waals surface area (Å²) >= 11 is 0. The summed E-state index contributed by atoms with van der Waals surface area (Å²) in [4.78, 5) is 24.1. The molecule has 0 aliphatic carbocycles. The molecule has 0 unspecified atom stereocenters. The van der Waals surface area contributed by atoms with Gasteiger partial charge in [-0.2, -0.15) is 0 Å². The molecular formula is C19H21FN2O2. The Morgan fingerprint density at radius 3 is 2.25 bits per heavy atom. The molecule has 0 aliphatic heterocycles. The van der Waals surface area contributed by atoms with E-state index in [0.717, 1.165) is 19.3 Å². The fourth-order valence-corrected chi connectivity index (χ4v) is 2.22. The summed E-state index contributed by atoms with van der Waals surface area (Å²) in [5.41, 5.74) is 1.30. The van der Waals surface area contributed by atoms with Gasteiger partial charge < -0.3 is 10.6 Å². The number of hydrogen-bond donors (Lipinski definition) is 2. The van der Waals surface area contributed by atoms with Crippen molar-refractivity contribution in [3.8, 4) is 0 Å². The van der Waals surface area contributed by atoms with Crippen molar-refractivity contribution in [3.63, 3.8) is 0 Å². The molecule has 4 nitrogen and oxygen atoms in total. The number of carbonyl (C=O) groups excluding carboxylic acids is 2. The average Bonchev–Trinajstić information content (AvgIpc) is 2.58. The quantitative estimate of drug-likeness (QED) is 0.755. The normalized spacial score (nSPS) is 10.2. The van der Waals surface area contributed by atoms with Crippen molar-refractivity contribution in [3.05, 3.63) is 65.5 Å². The van der Waals surface area contributed by atoms with Crippen molar-refractivity contribution < 1.29 is 14.0 Å². The molecule has 0 atom stereocenters. The van der Waals surface area contributed by atoms with E-state index >= 15 is 0 Å². The van der Waals surface area contributed by atoms with Gasteiger partial charge in [-0.1, -0.05) is 25.8 Å². The van der Waals surface area contributed by atoms with Crippen molar-refractivity contribution in [2.45, 2.75) is 26.2 Å². The minimum Gasteiger partial charge on any atom is -0.352 e. The van der Waals surface area contributed by atoms with Gasteiger partial charge in [0.25, 0.3) is 11.8 Å². The standard InChI is InChI=1S/C19H21FN2O2/c1-2-3-4-12-21-18(23)14-8-10-15(11-9-14)19(24)22-17-7-5-6-16(20)13-17/h5-11,13H,2-4,12H2,1H3,(H,21,23)(H,22,24). The summed E-state index contributed by atoms with van der Waals surface area (Å²) < 4.78 is 13.1. The zero-order valence-electron chi connectivity index (χ0n) is 13.6. The maximum absolute atomic E-state index is 13.1. The molecule has 126 valence electrons. The number of nitrogens with one attached hydrogen (secondary N) is 2. The highest BCUT2D eigenvalue weighted by atomic mass is 19.1. The van der Waals surface area contributed by atoms with Crippen LogP contribution in [0, 0.1) is 5.82 Å². The van der Waals surface area contributed by atoms with E-state index in [1.165, 1.54) is 18.2 Å². The molecule has 0 bridgehead atoms. The number of hydrogen-bond acceptors (Lipinski definition) is 2. The van der Waals surface area contributed by atoms with Gasteiger partial charge in [-0.15, -0.1) is 0 Å². The van der Waals surface area contributed by atoms with Crippen LogP contribution < -0.4 is 10.6 Å². The minimum atomic E-state index is -0.414. The van der Waals surface area contributed by atoms with Crippen molar-refractivity contribution in [1.29, 1.82) is 0 Å². The van der Waals surface area contributed by atoms with Gasteiger partial charge in [0.15, 0.2) is 0 Å². The molecule has 0 aliphatic rings. The minimum absolute atomic E-state index is 0.150. The molecule has 2 rings (SSSR count). The number of unbranched alkanes of at least 4 members (excludes halogenated alkanes) is 2. The van der Waals surface area contributed by atoms with Gasteiger partial charge in [0.1, 0.15) is 5.82 Å². The maximum atomic E-state index is 13.1. The van der Waals surface area contributed by atoms with E-state index < -0.39 is 5.82 Å². The Balaban J connectivity index is 1.93. The molecule has 24 heavy (non-hydrogen) atoms. The van der Waals surface area contributed by atoms with E-state index in [1.807, 2.05) is 0 Å². The summed E-state index contributed by atoms with van der Waals surface area (Å²) in [6, 6.07) is 12.1. The highest BCUT2D eigenvalue weighted by Crippen LogP contribution is 2.12. The molecule has 5 heteroatoms. The number of anilines is 1. The molecule has 0 saturated carbocycles. The molecule has 0 radical (unpaired) electrons. The van der Waals surface area contributed by atoms with E-state index in [1.54, 1.807) is 30.3 Å². The van der Waals surface area contributed by atoms with Crippen molar-refractivity contribution in [2.24, 2.45) is 0 Å². The number of carbonyl (C=O) groups is 2. The zero-order valence-corrected chi connectivity index (χ0v) is 13.6. The van der Waals surface area contributed by atoms with Crippen LogP contribution in [-0.4, -0.2) is 18.4 Å². The molecular weight excluding hydrogens is 307 g/mol. The second-order valence-corrected chi connectivity index (χ2v) is 5.50. The Kier molecular flexibility index (Phi) is 6.49. The molecule has 0 saturated heterocycles. The fraction of sp³-hybridized carbons (Fsp3) is 0.263. The first-order chi connectivity index (χ1) is 11.6. The van der Waals surface area contributed by atoms with Gasteiger partial charge in [0, 0.05) is 23.4 Å². The lowest BCUT2D eigenvalue weighted by Crippen LogP contribution is -2.24. The Labute approximate surface area is 141 Å². The van der Waals surface area contributed by atoms with Gasteiger partial charge in [0.05, 0.1) is 0 Å². The van der Waals surface area contributed by atoms with Gasteiger partial charge >= 0.3 is 0 Å². The molecule has 0 heterocycles. The first-order valence-corrected chi connectivity index (χ1v) is 8.05. The lowest BCUT2D eigenvalue weighted by molar-refractivity contribution is 0.0951. The average molecular weight is 328 g/mol. The molecule has 2 amide bonds. The van der Waals surface area contributed by atoms with Crippen molar-refractivity contribution in [2.75, 3.05) is 11.9 Å². The third-order valence-corrected chi connectivity index (χ3v) is 3.56. The van der Waals surface area contributed by atoms with Crippen LogP contribution in [0.25, 0.3) is 0 Å². The van der Waals surface area contributed by atoms with Crippen LogP contribution in [-0.2, 0) is 0 Å². The summed E-state index contributed by atoms with van der Waals surface area (Å²) in [6.45, 7) is 2.75. The summed E-state index contributed by atoms with van der Waals surface area (Å²) in [5.74, 6) is -0.915. The molecule has 2 aromatic carbocycles. The van der Waals surface area contributed by atoms with Gasteiger partial charge in [-0.3, -0.25) is 9.59 Å². The first kappa shape index (κ1) is 17.7. The van der Waals surface area contributed by atoms with Gasteiger partial charge in [0.2, 0.25) is 0 Å². The number of amides is 2. The number of benzene rings is 2. The van der Waals surface area contributed by atoms with Crippen LogP contribution in [0.2, 0.25) is 0 Å².